The van der Waals surface area contributed by atoms with Crippen LogP contribution in [0.1, 0.15) is 16.8 Å². The van der Waals surface area contributed by atoms with Gasteiger partial charge >= 0.3 is 0 Å². The van der Waals surface area contributed by atoms with Crippen molar-refractivity contribution in [1.82, 2.24) is 4.98 Å². The number of carbonyl (C=O) groups is 1. The Kier molecular flexibility index (Phi) is 5.40. The average Bonchev–Trinajstić information content (AvgIpc) is 2.83. The monoisotopic (exact) mass is 393 g/mol. The zero-order valence-corrected chi connectivity index (χ0v) is 16.4. The van der Waals surface area contributed by atoms with E-state index in [0.29, 0.717) is 17.1 Å². The number of hydrogen-bond acceptors (Lipinski definition) is 5. The fraction of sp³-hybridized carbons (Fsp3) is 0.0800. The largest absolute Gasteiger partial charge is 0.481 e. The lowest BCUT2D eigenvalue weighted by atomic mass is 9.89. The van der Waals surface area contributed by atoms with E-state index in [1.807, 2.05) is 77.8 Å². The van der Waals surface area contributed by atoms with Crippen LogP contribution in [-0.4, -0.2) is 24.4 Å². The molecule has 1 unspecified atom stereocenters. The Labute approximate surface area is 175 Å². The van der Waals surface area contributed by atoms with Crippen molar-refractivity contribution >= 4 is 23.1 Å². The van der Waals surface area contributed by atoms with Gasteiger partial charge in [-0.05, 0) is 41.5 Å². The third kappa shape index (κ3) is 3.59. The van der Waals surface area contributed by atoms with Gasteiger partial charge in [0.25, 0.3) is 0 Å². The normalized spacial score (nSPS) is 15.6. The summed E-state index contributed by atoms with van der Waals surface area (Å²) in [5.41, 5.74) is 4.39. The van der Waals surface area contributed by atoms with Crippen molar-refractivity contribution in [3.63, 3.8) is 0 Å². The van der Waals surface area contributed by atoms with Gasteiger partial charge in [0.1, 0.15) is 12.3 Å². The van der Waals surface area contributed by atoms with Crippen LogP contribution in [0.15, 0.2) is 85.1 Å². The van der Waals surface area contributed by atoms with Crippen molar-refractivity contribution in [3.05, 3.63) is 102 Å². The Balaban J connectivity index is 1.93. The smallest absolute Gasteiger partial charge is 0.213 e. The summed E-state index contributed by atoms with van der Waals surface area (Å²) in [6.45, 7) is 0. The molecule has 1 aliphatic rings. The average molecular weight is 393 g/mol. The van der Waals surface area contributed by atoms with Crippen LogP contribution in [0.5, 0.6) is 5.88 Å². The van der Waals surface area contributed by atoms with Gasteiger partial charge in [0.15, 0.2) is 0 Å². The van der Waals surface area contributed by atoms with E-state index in [1.54, 1.807) is 19.2 Å². The number of hydrogen-bond donors (Lipinski definition) is 0. The Bertz CT molecular complexity index is 1180. The van der Waals surface area contributed by atoms with Crippen LogP contribution in [0.25, 0.3) is 11.1 Å². The molecular weight excluding hydrogens is 374 g/mol. The van der Waals surface area contributed by atoms with E-state index < -0.39 is 6.04 Å². The van der Waals surface area contributed by atoms with E-state index >= 15 is 0 Å². The molecule has 1 aromatic heterocycles. The molecule has 5 heteroatoms. The number of carbonyl (C=O) groups excluding carboxylic acids is 1. The maximum atomic E-state index is 12.2. The number of para-hydroxylation sites is 1. The highest BCUT2D eigenvalue weighted by molar-refractivity contribution is 5.99. The van der Waals surface area contributed by atoms with Crippen LogP contribution in [0, 0.1) is 11.3 Å². The third-order valence-corrected chi connectivity index (χ3v) is 4.98. The van der Waals surface area contributed by atoms with Gasteiger partial charge in [-0.1, -0.05) is 42.5 Å². The summed E-state index contributed by atoms with van der Waals surface area (Å²) in [7, 11) is 1.57. The third-order valence-electron chi connectivity index (χ3n) is 4.98. The molecule has 0 saturated heterocycles. The van der Waals surface area contributed by atoms with Crippen LogP contribution in [0.2, 0.25) is 0 Å². The Morgan fingerprint density at radius 1 is 1.03 bits per heavy atom. The van der Waals surface area contributed by atoms with Crippen molar-refractivity contribution in [3.8, 4) is 11.9 Å². The second kappa shape index (κ2) is 8.46. The van der Waals surface area contributed by atoms with Crippen LogP contribution in [0.4, 0.5) is 5.69 Å². The lowest BCUT2D eigenvalue weighted by molar-refractivity contribution is -0.107. The van der Waals surface area contributed by atoms with Crippen LogP contribution in [-0.2, 0) is 4.79 Å². The number of benzene rings is 2. The number of aromatic nitrogens is 1. The van der Waals surface area contributed by atoms with E-state index in [9.17, 15) is 10.1 Å². The fourth-order valence-corrected chi connectivity index (χ4v) is 3.54. The molecule has 146 valence electrons. The Hall–Kier alpha value is -4.17. The van der Waals surface area contributed by atoms with E-state index in [4.69, 9.17) is 4.74 Å². The van der Waals surface area contributed by atoms with Gasteiger partial charge in [-0.15, -0.1) is 0 Å². The second-order valence-corrected chi connectivity index (χ2v) is 6.73. The van der Waals surface area contributed by atoms with Gasteiger partial charge in [0.2, 0.25) is 5.88 Å². The maximum absolute atomic E-state index is 12.2. The number of pyridine rings is 1. The molecule has 2 heterocycles. The molecule has 0 bridgehead atoms. The predicted molar refractivity (Wildman–Crippen MR) is 117 cm³/mol. The molecule has 0 spiro atoms. The van der Waals surface area contributed by atoms with Crippen molar-refractivity contribution < 1.29 is 9.53 Å². The molecular formula is C25H19N3O2. The number of nitrogens with zero attached hydrogens (tertiary/aromatic N) is 3. The minimum Gasteiger partial charge on any atom is -0.481 e. The van der Waals surface area contributed by atoms with Gasteiger partial charge < -0.3 is 14.4 Å². The molecule has 5 nitrogen and oxygen atoms in total. The minimum absolute atomic E-state index is 0.504. The first-order chi connectivity index (χ1) is 14.7. The molecule has 0 radical (unpaired) electrons. The van der Waals surface area contributed by atoms with Gasteiger partial charge in [0, 0.05) is 23.5 Å². The van der Waals surface area contributed by atoms with Gasteiger partial charge in [0.05, 0.1) is 24.4 Å². The van der Waals surface area contributed by atoms with Crippen molar-refractivity contribution in [2.24, 2.45) is 0 Å². The molecule has 1 atom stereocenters. The standard InChI is InChI=1S/C25H19N3O2/c1-30-25-13-7-12-23(27-25)19-14-22(21-11-6-5-8-18(21)15-26)24(17-29)28(16-19)20-9-3-2-4-10-20/h2-14,16-17,24H,1H3. The number of aldehydes is 1. The zero-order chi connectivity index (χ0) is 20.9. The fourth-order valence-electron chi connectivity index (χ4n) is 3.54. The molecule has 3 aromatic rings. The Morgan fingerprint density at radius 3 is 2.53 bits per heavy atom. The zero-order valence-electron chi connectivity index (χ0n) is 16.4. The Morgan fingerprint density at radius 2 is 1.80 bits per heavy atom. The lowest BCUT2D eigenvalue weighted by Gasteiger charge is -2.33. The first-order valence-electron chi connectivity index (χ1n) is 9.48. The summed E-state index contributed by atoms with van der Waals surface area (Å²) in [4.78, 5) is 18.7. The number of methoxy groups -OCH3 is 1. The quantitative estimate of drug-likeness (QED) is 0.598. The summed E-state index contributed by atoms with van der Waals surface area (Å²) in [6, 6.07) is 24.2. The van der Waals surface area contributed by atoms with E-state index in [1.165, 1.54) is 0 Å². The number of allylic oxidation sites excluding steroid dienone is 2. The summed E-state index contributed by atoms with van der Waals surface area (Å²) in [5, 5.41) is 9.62. The van der Waals surface area contributed by atoms with Gasteiger partial charge in [-0.3, -0.25) is 0 Å². The highest BCUT2D eigenvalue weighted by atomic mass is 16.5. The summed E-state index contributed by atoms with van der Waals surface area (Å²) >= 11 is 0. The molecule has 0 fully saturated rings. The lowest BCUT2D eigenvalue weighted by Crippen LogP contribution is -2.35. The number of ether oxygens (including phenoxy) is 1. The molecule has 4 rings (SSSR count). The predicted octanol–water partition coefficient (Wildman–Crippen LogP) is 4.47. The number of nitriles is 1. The highest BCUT2D eigenvalue weighted by Gasteiger charge is 2.28. The molecule has 30 heavy (non-hydrogen) atoms. The van der Waals surface area contributed by atoms with Crippen molar-refractivity contribution in [1.29, 1.82) is 5.26 Å². The van der Waals surface area contributed by atoms with Crippen molar-refractivity contribution in [2.45, 2.75) is 6.04 Å². The molecule has 1 aliphatic heterocycles. The summed E-state index contributed by atoms with van der Waals surface area (Å²) in [5.74, 6) is 0.504. The van der Waals surface area contributed by atoms with Crippen LogP contribution >= 0.6 is 0 Å². The first-order valence-corrected chi connectivity index (χ1v) is 9.48. The van der Waals surface area contributed by atoms with Crippen LogP contribution in [0.3, 0.4) is 0 Å². The highest BCUT2D eigenvalue weighted by Crippen LogP contribution is 2.36. The first kappa shape index (κ1) is 19.2. The topological polar surface area (TPSA) is 66.2 Å². The SMILES string of the molecule is COc1cccc(C2=CN(c3ccccc3)C(C=O)C(c3ccccc3C#N)=C2)n1. The second-order valence-electron chi connectivity index (χ2n) is 6.73. The maximum Gasteiger partial charge on any atom is 0.213 e. The van der Waals surface area contributed by atoms with Crippen LogP contribution < -0.4 is 9.64 Å². The summed E-state index contributed by atoms with van der Waals surface area (Å²) in [6.07, 6.45) is 4.74. The summed E-state index contributed by atoms with van der Waals surface area (Å²) < 4.78 is 5.28. The minimum atomic E-state index is -0.573. The van der Waals surface area contributed by atoms with Gasteiger partial charge in [-0.2, -0.15) is 5.26 Å². The molecule has 0 saturated carbocycles. The molecule has 0 amide bonds. The van der Waals surface area contributed by atoms with Crippen molar-refractivity contribution in [2.75, 3.05) is 12.0 Å². The van der Waals surface area contributed by atoms with E-state index in [-0.39, 0.29) is 0 Å². The number of rotatable bonds is 5. The molecule has 0 aliphatic carbocycles. The van der Waals surface area contributed by atoms with Gasteiger partial charge in [-0.25, -0.2) is 4.98 Å². The van der Waals surface area contributed by atoms with E-state index in [0.717, 1.165) is 28.7 Å². The van der Waals surface area contributed by atoms with E-state index in [2.05, 4.69) is 11.1 Å². The molecule has 0 N–H and O–H groups in total. The molecule has 2 aromatic carbocycles. The number of anilines is 1.